The van der Waals surface area contributed by atoms with Gasteiger partial charge in [-0.1, -0.05) is 51.0 Å². The van der Waals surface area contributed by atoms with Gasteiger partial charge in [-0.05, 0) is 68.5 Å². The molecule has 2 aromatic carbocycles. The van der Waals surface area contributed by atoms with E-state index < -0.39 is 0 Å². The molecule has 188 valence electrons. The summed E-state index contributed by atoms with van der Waals surface area (Å²) in [5.41, 5.74) is 4.49. The second-order valence-electron chi connectivity index (χ2n) is 8.97. The molecule has 1 saturated heterocycles. The molecule has 3 N–H and O–H groups in total. The minimum absolute atomic E-state index is 0.112. The number of carbonyl (C=O) groups excluding carboxylic acids is 1. The lowest BCUT2D eigenvalue weighted by molar-refractivity contribution is 0.0773. The van der Waals surface area contributed by atoms with Gasteiger partial charge < -0.3 is 20.9 Å². The number of rotatable bonds is 11. The molecule has 0 unspecified atom stereocenters. The Kier molecular flexibility index (Phi) is 13.4. The number of piperazine rings is 1. The predicted octanol–water partition coefficient (Wildman–Crippen LogP) is 5.32. The van der Waals surface area contributed by atoms with Crippen molar-refractivity contribution in [3.05, 3.63) is 65.2 Å². The van der Waals surface area contributed by atoms with Gasteiger partial charge in [-0.2, -0.15) is 0 Å². The molecular formula is C29H46N4O. The standard InChI is InChI=1S/C25H36N2O.C4H10N2/c1-5-10-23(11-6-2)26-24-13-9-12-21(19-24)18-20-14-16-22(17-15-20)25(28)27(7-3)8-4;1-2-6-4-3-5-1/h9,12-17,19,23,26H,5-8,10-11,18H2,1-4H3;5-6H,1-4H2. The van der Waals surface area contributed by atoms with Crippen LogP contribution < -0.4 is 16.0 Å². The third-order valence-electron chi connectivity index (χ3n) is 6.19. The summed E-state index contributed by atoms with van der Waals surface area (Å²) in [4.78, 5) is 14.3. The summed E-state index contributed by atoms with van der Waals surface area (Å²) in [6.45, 7) is 14.6. The summed E-state index contributed by atoms with van der Waals surface area (Å²) in [6.07, 6.45) is 5.70. The van der Waals surface area contributed by atoms with E-state index in [1.165, 1.54) is 42.5 Å². The van der Waals surface area contributed by atoms with Crippen molar-refractivity contribution < 1.29 is 4.79 Å². The molecule has 5 nitrogen and oxygen atoms in total. The Morgan fingerprint density at radius 3 is 1.94 bits per heavy atom. The summed E-state index contributed by atoms with van der Waals surface area (Å²) in [5.74, 6) is 0.112. The first-order valence-electron chi connectivity index (χ1n) is 13.3. The molecule has 1 amide bonds. The molecule has 0 spiro atoms. The zero-order chi connectivity index (χ0) is 24.6. The number of benzene rings is 2. The first-order valence-corrected chi connectivity index (χ1v) is 13.3. The van der Waals surface area contributed by atoms with E-state index in [1.54, 1.807) is 0 Å². The van der Waals surface area contributed by atoms with Crippen LogP contribution in [0, 0.1) is 0 Å². The van der Waals surface area contributed by atoms with Crippen LogP contribution >= 0.6 is 0 Å². The van der Waals surface area contributed by atoms with Crippen molar-refractivity contribution >= 4 is 11.6 Å². The van der Waals surface area contributed by atoms with Gasteiger partial charge in [0.1, 0.15) is 0 Å². The fourth-order valence-corrected chi connectivity index (χ4v) is 4.29. The van der Waals surface area contributed by atoms with E-state index in [9.17, 15) is 4.79 Å². The predicted molar refractivity (Wildman–Crippen MR) is 146 cm³/mol. The van der Waals surface area contributed by atoms with Crippen LogP contribution in [-0.4, -0.2) is 56.1 Å². The summed E-state index contributed by atoms with van der Waals surface area (Å²) >= 11 is 0. The fourth-order valence-electron chi connectivity index (χ4n) is 4.29. The van der Waals surface area contributed by atoms with Crippen LogP contribution in [0.1, 0.15) is 74.9 Å². The van der Waals surface area contributed by atoms with Crippen molar-refractivity contribution in [2.24, 2.45) is 0 Å². The Balaban J connectivity index is 0.000000589. The number of hydrogen-bond acceptors (Lipinski definition) is 4. The third kappa shape index (κ3) is 9.86. The molecule has 3 rings (SSSR count). The normalized spacial score (nSPS) is 13.2. The number of nitrogens with zero attached hydrogens (tertiary/aromatic N) is 1. The molecule has 1 aliphatic rings. The largest absolute Gasteiger partial charge is 0.382 e. The highest BCUT2D eigenvalue weighted by Gasteiger charge is 2.12. The van der Waals surface area contributed by atoms with Gasteiger partial charge in [-0.25, -0.2) is 0 Å². The molecule has 2 aromatic rings. The molecule has 1 heterocycles. The first-order chi connectivity index (χ1) is 16.6. The molecular weight excluding hydrogens is 420 g/mol. The fraction of sp³-hybridized carbons (Fsp3) is 0.552. The van der Waals surface area contributed by atoms with E-state index >= 15 is 0 Å². The summed E-state index contributed by atoms with van der Waals surface area (Å²) in [6, 6.07) is 17.3. The van der Waals surface area contributed by atoms with Gasteiger partial charge in [0, 0.05) is 56.6 Å². The van der Waals surface area contributed by atoms with Gasteiger partial charge in [-0.15, -0.1) is 0 Å². The van der Waals surface area contributed by atoms with E-state index in [0.717, 1.165) is 51.3 Å². The van der Waals surface area contributed by atoms with E-state index in [1.807, 2.05) is 30.9 Å². The highest BCUT2D eigenvalue weighted by Crippen LogP contribution is 2.19. The van der Waals surface area contributed by atoms with Crippen LogP contribution in [0.4, 0.5) is 5.69 Å². The average molecular weight is 467 g/mol. The topological polar surface area (TPSA) is 56.4 Å². The van der Waals surface area contributed by atoms with Crippen LogP contribution in [0.3, 0.4) is 0 Å². The van der Waals surface area contributed by atoms with Gasteiger partial charge in [0.05, 0.1) is 0 Å². The van der Waals surface area contributed by atoms with E-state index in [-0.39, 0.29) is 5.91 Å². The Morgan fingerprint density at radius 1 is 0.853 bits per heavy atom. The zero-order valence-corrected chi connectivity index (χ0v) is 21.8. The van der Waals surface area contributed by atoms with Crippen LogP contribution in [0.5, 0.6) is 0 Å². The number of amides is 1. The minimum Gasteiger partial charge on any atom is -0.382 e. The molecule has 0 bridgehead atoms. The average Bonchev–Trinajstić information content (AvgIpc) is 2.87. The zero-order valence-electron chi connectivity index (χ0n) is 21.8. The lowest BCUT2D eigenvalue weighted by Gasteiger charge is -2.19. The number of anilines is 1. The molecule has 1 aliphatic heterocycles. The van der Waals surface area contributed by atoms with Gasteiger partial charge in [0.2, 0.25) is 0 Å². The summed E-state index contributed by atoms with van der Waals surface area (Å²) in [5, 5.41) is 10.2. The van der Waals surface area contributed by atoms with Crippen LogP contribution in [0.25, 0.3) is 0 Å². The smallest absolute Gasteiger partial charge is 0.253 e. The number of hydrogen-bond donors (Lipinski definition) is 3. The molecule has 34 heavy (non-hydrogen) atoms. The molecule has 0 radical (unpaired) electrons. The van der Waals surface area contributed by atoms with Crippen molar-refractivity contribution in [2.75, 3.05) is 44.6 Å². The molecule has 0 aromatic heterocycles. The Labute approximate surface area is 207 Å². The molecule has 0 aliphatic carbocycles. The summed E-state index contributed by atoms with van der Waals surface area (Å²) in [7, 11) is 0. The van der Waals surface area contributed by atoms with Gasteiger partial charge in [0.25, 0.3) is 5.91 Å². The first kappa shape index (κ1) is 27.9. The maximum Gasteiger partial charge on any atom is 0.253 e. The highest BCUT2D eigenvalue weighted by atomic mass is 16.2. The molecule has 5 heteroatoms. The quantitative estimate of drug-likeness (QED) is 0.420. The van der Waals surface area contributed by atoms with Gasteiger partial charge >= 0.3 is 0 Å². The van der Waals surface area contributed by atoms with Gasteiger partial charge in [-0.3, -0.25) is 4.79 Å². The SMILES string of the molecule is C1CNCCN1.CCCC(CCC)Nc1cccc(Cc2ccc(C(=O)N(CC)CC)cc2)c1. The maximum atomic E-state index is 12.4. The number of carbonyl (C=O) groups is 1. The minimum atomic E-state index is 0.112. The maximum absolute atomic E-state index is 12.4. The lowest BCUT2D eigenvalue weighted by atomic mass is 10.0. The van der Waals surface area contributed by atoms with E-state index in [4.69, 9.17) is 0 Å². The van der Waals surface area contributed by atoms with Crippen molar-refractivity contribution in [3.8, 4) is 0 Å². The Morgan fingerprint density at radius 2 is 1.44 bits per heavy atom. The Hall–Kier alpha value is -2.37. The molecule has 1 fully saturated rings. The second-order valence-corrected chi connectivity index (χ2v) is 8.97. The van der Waals surface area contributed by atoms with E-state index in [2.05, 4.69) is 66.2 Å². The third-order valence-corrected chi connectivity index (χ3v) is 6.19. The Bertz CT molecular complexity index is 796. The number of nitrogens with one attached hydrogen (secondary N) is 3. The summed E-state index contributed by atoms with van der Waals surface area (Å²) < 4.78 is 0. The van der Waals surface area contributed by atoms with Crippen LogP contribution in [0.15, 0.2) is 48.5 Å². The van der Waals surface area contributed by atoms with Crippen molar-refractivity contribution in [2.45, 2.75) is 65.8 Å². The molecule has 0 atom stereocenters. The van der Waals surface area contributed by atoms with Crippen molar-refractivity contribution in [1.29, 1.82) is 0 Å². The van der Waals surface area contributed by atoms with Crippen LogP contribution in [0.2, 0.25) is 0 Å². The lowest BCUT2D eigenvalue weighted by Crippen LogP contribution is -2.39. The van der Waals surface area contributed by atoms with Crippen LogP contribution in [-0.2, 0) is 6.42 Å². The van der Waals surface area contributed by atoms with Crippen molar-refractivity contribution in [3.63, 3.8) is 0 Å². The highest BCUT2D eigenvalue weighted by molar-refractivity contribution is 5.94. The van der Waals surface area contributed by atoms with Gasteiger partial charge in [0.15, 0.2) is 0 Å². The second kappa shape index (κ2) is 16.3. The van der Waals surface area contributed by atoms with E-state index in [0.29, 0.717) is 6.04 Å². The molecule has 0 saturated carbocycles. The monoisotopic (exact) mass is 466 g/mol. The van der Waals surface area contributed by atoms with Crippen molar-refractivity contribution in [1.82, 2.24) is 15.5 Å².